The van der Waals surface area contributed by atoms with E-state index >= 15 is 0 Å². The third kappa shape index (κ3) is 5.52. The molecule has 1 aromatic carbocycles. The molecule has 18 heavy (non-hydrogen) atoms. The molecule has 0 atom stereocenters. The second kappa shape index (κ2) is 9.55. The number of nitrogens with one attached hydrogen (secondary N) is 1. The van der Waals surface area contributed by atoms with Gasteiger partial charge in [0, 0.05) is 12.1 Å². The Kier molecular flexibility index (Phi) is 8.33. The summed E-state index contributed by atoms with van der Waals surface area (Å²) in [6.45, 7) is 1.51. The van der Waals surface area contributed by atoms with Gasteiger partial charge in [-0.1, -0.05) is 47.6 Å². The molecule has 102 valence electrons. The Hall–Kier alpha value is -0.360. The standard InChI is InChI=1S/C14H21FINO/c1-18-13-8-6-7-12(14(13)15)11-17-10-5-3-2-4-9-16/h6-8,17H,2-5,9-11H2,1H3. The summed E-state index contributed by atoms with van der Waals surface area (Å²) >= 11 is 2.40. The highest BCUT2D eigenvalue weighted by Gasteiger charge is 2.07. The van der Waals surface area contributed by atoms with E-state index in [9.17, 15) is 4.39 Å². The molecule has 0 spiro atoms. The number of rotatable bonds is 9. The van der Waals surface area contributed by atoms with Crippen molar-refractivity contribution in [2.24, 2.45) is 0 Å². The number of benzene rings is 1. The first-order chi connectivity index (χ1) is 8.79. The maximum Gasteiger partial charge on any atom is 0.169 e. The third-order valence-corrected chi connectivity index (χ3v) is 3.58. The highest BCUT2D eigenvalue weighted by Crippen LogP contribution is 2.19. The minimum absolute atomic E-state index is 0.252. The van der Waals surface area contributed by atoms with Gasteiger partial charge in [-0.3, -0.25) is 0 Å². The van der Waals surface area contributed by atoms with E-state index in [1.54, 1.807) is 12.1 Å². The van der Waals surface area contributed by atoms with Crippen molar-refractivity contribution in [2.45, 2.75) is 32.2 Å². The Morgan fingerprint density at radius 2 is 2.00 bits per heavy atom. The molecule has 4 heteroatoms. The molecule has 0 unspecified atom stereocenters. The zero-order chi connectivity index (χ0) is 13.2. The van der Waals surface area contributed by atoms with Crippen molar-refractivity contribution in [1.29, 1.82) is 0 Å². The van der Waals surface area contributed by atoms with Gasteiger partial charge in [-0.05, 0) is 29.9 Å². The average molecular weight is 365 g/mol. The Labute approximate surface area is 122 Å². The van der Waals surface area contributed by atoms with Gasteiger partial charge in [0.1, 0.15) is 0 Å². The largest absolute Gasteiger partial charge is 0.494 e. The summed E-state index contributed by atoms with van der Waals surface area (Å²) in [5.74, 6) is 0.0637. The van der Waals surface area contributed by atoms with Crippen LogP contribution in [0.3, 0.4) is 0 Å². The zero-order valence-electron chi connectivity index (χ0n) is 10.8. The SMILES string of the molecule is COc1cccc(CNCCCCCCI)c1F. The van der Waals surface area contributed by atoms with Gasteiger partial charge in [0.15, 0.2) is 11.6 Å². The van der Waals surface area contributed by atoms with Crippen molar-refractivity contribution in [3.05, 3.63) is 29.6 Å². The van der Waals surface area contributed by atoms with Crippen LogP contribution in [0.5, 0.6) is 5.75 Å². The molecule has 0 aliphatic rings. The fraction of sp³-hybridized carbons (Fsp3) is 0.571. The van der Waals surface area contributed by atoms with E-state index in [2.05, 4.69) is 27.9 Å². The van der Waals surface area contributed by atoms with Crippen LogP contribution < -0.4 is 10.1 Å². The van der Waals surface area contributed by atoms with Crippen LogP contribution in [0.25, 0.3) is 0 Å². The van der Waals surface area contributed by atoms with Crippen molar-refractivity contribution in [1.82, 2.24) is 5.32 Å². The molecule has 0 saturated heterocycles. The second-order valence-electron chi connectivity index (χ2n) is 4.21. The molecule has 0 heterocycles. The molecule has 1 rings (SSSR count). The van der Waals surface area contributed by atoms with Crippen molar-refractivity contribution in [3.8, 4) is 5.75 Å². The summed E-state index contributed by atoms with van der Waals surface area (Å²) < 4.78 is 20.0. The van der Waals surface area contributed by atoms with Crippen LogP contribution in [0.1, 0.15) is 31.2 Å². The van der Waals surface area contributed by atoms with Gasteiger partial charge < -0.3 is 10.1 Å². The Bertz CT molecular complexity index is 347. The first kappa shape index (κ1) is 15.7. The summed E-state index contributed by atoms with van der Waals surface area (Å²) in [6, 6.07) is 5.25. The summed E-state index contributed by atoms with van der Waals surface area (Å²) in [7, 11) is 1.49. The monoisotopic (exact) mass is 365 g/mol. The average Bonchev–Trinajstić information content (AvgIpc) is 2.39. The van der Waals surface area contributed by atoms with Crippen LogP contribution in [0, 0.1) is 5.82 Å². The van der Waals surface area contributed by atoms with Gasteiger partial charge in [-0.25, -0.2) is 4.39 Å². The quantitative estimate of drug-likeness (QED) is 0.407. The summed E-state index contributed by atoms with van der Waals surface area (Å²) in [5.41, 5.74) is 0.668. The van der Waals surface area contributed by atoms with E-state index in [1.165, 1.54) is 30.8 Å². The number of hydrogen-bond donors (Lipinski definition) is 1. The maximum atomic E-state index is 13.8. The smallest absolute Gasteiger partial charge is 0.169 e. The normalized spacial score (nSPS) is 10.6. The summed E-state index contributed by atoms with van der Waals surface area (Å²) in [5, 5.41) is 3.27. The highest BCUT2D eigenvalue weighted by molar-refractivity contribution is 14.1. The molecule has 0 aromatic heterocycles. The highest BCUT2D eigenvalue weighted by atomic mass is 127. The van der Waals surface area contributed by atoms with Crippen molar-refractivity contribution in [3.63, 3.8) is 0 Å². The van der Waals surface area contributed by atoms with Crippen LogP contribution in [-0.2, 0) is 6.54 Å². The number of halogens is 2. The van der Waals surface area contributed by atoms with E-state index in [4.69, 9.17) is 4.74 Å². The molecule has 0 aliphatic heterocycles. The molecular formula is C14H21FINO. The lowest BCUT2D eigenvalue weighted by atomic mass is 10.2. The molecule has 0 amide bonds. The molecule has 0 radical (unpaired) electrons. The minimum Gasteiger partial charge on any atom is -0.494 e. The fourth-order valence-electron chi connectivity index (χ4n) is 1.77. The van der Waals surface area contributed by atoms with E-state index < -0.39 is 0 Å². The van der Waals surface area contributed by atoms with Gasteiger partial charge in [0.2, 0.25) is 0 Å². The van der Waals surface area contributed by atoms with Crippen LogP contribution in [-0.4, -0.2) is 18.1 Å². The fourth-order valence-corrected chi connectivity index (χ4v) is 2.31. The van der Waals surface area contributed by atoms with E-state index in [0.717, 1.165) is 13.0 Å². The first-order valence-corrected chi connectivity index (χ1v) is 7.90. The van der Waals surface area contributed by atoms with Crippen LogP contribution in [0.2, 0.25) is 0 Å². The number of ether oxygens (including phenoxy) is 1. The molecule has 2 nitrogen and oxygen atoms in total. The molecule has 1 aromatic rings. The van der Waals surface area contributed by atoms with Gasteiger partial charge in [0.25, 0.3) is 0 Å². The second-order valence-corrected chi connectivity index (χ2v) is 5.29. The molecule has 0 aliphatic carbocycles. The minimum atomic E-state index is -0.252. The van der Waals surface area contributed by atoms with Crippen molar-refractivity contribution in [2.75, 3.05) is 18.1 Å². The number of unbranched alkanes of at least 4 members (excludes halogenated alkanes) is 3. The van der Waals surface area contributed by atoms with Crippen LogP contribution in [0.4, 0.5) is 4.39 Å². The van der Waals surface area contributed by atoms with Gasteiger partial charge in [-0.15, -0.1) is 0 Å². The molecule has 0 fully saturated rings. The van der Waals surface area contributed by atoms with E-state index in [0.29, 0.717) is 17.9 Å². The van der Waals surface area contributed by atoms with Crippen molar-refractivity contribution < 1.29 is 9.13 Å². The predicted molar refractivity (Wildman–Crippen MR) is 82.0 cm³/mol. The summed E-state index contributed by atoms with van der Waals surface area (Å²) in [4.78, 5) is 0. The lowest BCUT2D eigenvalue weighted by molar-refractivity contribution is 0.383. The summed E-state index contributed by atoms with van der Waals surface area (Å²) in [6.07, 6.45) is 4.99. The number of hydrogen-bond acceptors (Lipinski definition) is 2. The Morgan fingerprint density at radius 1 is 1.22 bits per heavy atom. The molecule has 0 bridgehead atoms. The third-order valence-electron chi connectivity index (χ3n) is 2.82. The lowest BCUT2D eigenvalue weighted by Gasteiger charge is -2.08. The Balaban J connectivity index is 2.23. The molecule has 0 saturated carbocycles. The van der Waals surface area contributed by atoms with Gasteiger partial charge in [0.05, 0.1) is 7.11 Å². The predicted octanol–water partition coefficient (Wildman–Crippen LogP) is 3.92. The topological polar surface area (TPSA) is 21.3 Å². The van der Waals surface area contributed by atoms with Crippen LogP contribution in [0.15, 0.2) is 18.2 Å². The van der Waals surface area contributed by atoms with Crippen molar-refractivity contribution >= 4 is 22.6 Å². The van der Waals surface area contributed by atoms with Crippen LogP contribution >= 0.6 is 22.6 Å². The van der Waals surface area contributed by atoms with E-state index in [1.807, 2.05) is 6.07 Å². The van der Waals surface area contributed by atoms with E-state index in [-0.39, 0.29) is 5.82 Å². The Morgan fingerprint density at radius 3 is 2.72 bits per heavy atom. The molecule has 1 N–H and O–H groups in total. The van der Waals surface area contributed by atoms with Gasteiger partial charge in [-0.2, -0.15) is 0 Å². The van der Waals surface area contributed by atoms with Gasteiger partial charge >= 0.3 is 0 Å². The number of methoxy groups -OCH3 is 1. The maximum absolute atomic E-state index is 13.8. The lowest BCUT2D eigenvalue weighted by Crippen LogP contribution is -2.15. The molecular weight excluding hydrogens is 344 g/mol. The number of alkyl halides is 1. The zero-order valence-corrected chi connectivity index (χ0v) is 13.0. The first-order valence-electron chi connectivity index (χ1n) is 6.37.